The van der Waals surface area contributed by atoms with Gasteiger partial charge in [0.1, 0.15) is 5.75 Å². The second kappa shape index (κ2) is 4.31. The number of aliphatic carboxylic acids is 1. The molecule has 0 spiro atoms. The van der Waals surface area contributed by atoms with Crippen LogP contribution >= 0.6 is 0 Å². The first-order valence-corrected chi connectivity index (χ1v) is 4.61. The van der Waals surface area contributed by atoms with Crippen molar-refractivity contribution in [2.75, 3.05) is 7.11 Å². The van der Waals surface area contributed by atoms with E-state index in [2.05, 4.69) is 0 Å². The number of rotatable bonds is 4. The maximum Gasteiger partial charge on any atom is 0.305 e. The van der Waals surface area contributed by atoms with E-state index in [1.54, 1.807) is 38.3 Å². The predicted molar refractivity (Wildman–Crippen MR) is 56.8 cm³/mol. The van der Waals surface area contributed by atoms with Gasteiger partial charge in [-0.25, -0.2) is 0 Å². The Labute approximate surface area is 88.7 Å². The number of carboxylic acid groups (broad SMARTS) is 1. The van der Waals surface area contributed by atoms with Gasteiger partial charge in [-0.1, -0.05) is 12.1 Å². The average Bonchev–Trinajstić information content (AvgIpc) is 2.16. The van der Waals surface area contributed by atoms with E-state index in [-0.39, 0.29) is 6.42 Å². The summed E-state index contributed by atoms with van der Waals surface area (Å²) in [5.74, 6) is -0.180. The molecule has 0 bridgehead atoms. The van der Waals surface area contributed by atoms with Crippen LogP contribution in [-0.2, 0) is 10.3 Å². The quantitative estimate of drug-likeness (QED) is 0.785. The molecule has 4 nitrogen and oxygen atoms in total. The zero-order valence-corrected chi connectivity index (χ0v) is 8.86. The van der Waals surface area contributed by atoms with Crippen molar-refractivity contribution in [1.29, 1.82) is 0 Å². The molecule has 0 amide bonds. The minimum atomic E-state index is -0.907. The molecule has 1 aromatic rings. The highest BCUT2D eigenvalue weighted by atomic mass is 16.5. The minimum absolute atomic E-state index is 0.0979. The van der Waals surface area contributed by atoms with Gasteiger partial charge in [0.25, 0.3) is 0 Å². The molecular weight excluding hydrogens is 194 g/mol. The molecule has 1 aromatic carbocycles. The minimum Gasteiger partial charge on any atom is -0.497 e. The van der Waals surface area contributed by atoms with Gasteiger partial charge in [0.2, 0.25) is 0 Å². The third-order valence-corrected chi connectivity index (χ3v) is 2.27. The van der Waals surface area contributed by atoms with Crippen LogP contribution in [-0.4, -0.2) is 18.2 Å². The summed E-state index contributed by atoms with van der Waals surface area (Å²) in [6.07, 6.45) is -0.0979. The monoisotopic (exact) mass is 209 g/mol. The molecular formula is C11H15NO3. The topological polar surface area (TPSA) is 72.5 Å². The number of ether oxygens (including phenoxy) is 1. The summed E-state index contributed by atoms with van der Waals surface area (Å²) in [4.78, 5) is 10.6. The van der Waals surface area contributed by atoms with Crippen molar-refractivity contribution in [2.45, 2.75) is 18.9 Å². The van der Waals surface area contributed by atoms with Gasteiger partial charge < -0.3 is 15.6 Å². The standard InChI is InChI=1S/C11H15NO3/c1-11(12,7-10(13)14)8-3-5-9(15-2)6-4-8/h3-6H,7,12H2,1-2H3,(H,13,14). The lowest BCUT2D eigenvalue weighted by atomic mass is 9.90. The number of carbonyl (C=O) groups is 1. The van der Waals surface area contributed by atoms with Gasteiger partial charge in [-0.05, 0) is 24.6 Å². The normalized spacial score (nSPS) is 14.3. The van der Waals surface area contributed by atoms with E-state index in [4.69, 9.17) is 15.6 Å². The van der Waals surface area contributed by atoms with Crippen molar-refractivity contribution >= 4 is 5.97 Å². The fourth-order valence-electron chi connectivity index (χ4n) is 1.39. The average molecular weight is 209 g/mol. The molecule has 0 aromatic heterocycles. The molecule has 0 heterocycles. The van der Waals surface area contributed by atoms with Crippen molar-refractivity contribution in [3.8, 4) is 5.75 Å². The lowest BCUT2D eigenvalue weighted by Gasteiger charge is -2.23. The predicted octanol–water partition coefficient (Wildman–Crippen LogP) is 1.34. The van der Waals surface area contributed by atoms with E-state index in [0.29, 0.717) is 0 Å². The molecule has 0 aliphatic carbocycles. The van der Waals surface area contributed by atoms with Gasteiger partial charge in [0.15, 0.2) is 0 Å². The second-order valence-corrected chi connectivity index (χ2v) is 3.72. The first kappa shape index (κ1) is 11.5. The third kappa shape index (κ3) is 2.95. The van der Waals surface area contributed by atoms with Crippen LogP contribution in [0.15, 0.2) is 24.3 Å². The summed E-state index contributed by atoms with van der Waals surface area (Å²) in [6.45, 7) is 1.70. The van der Waals surface area contributed by atoms with Gasteiger partial charge in [-0.15, -0.1) is 0 Å². The maximum atomic E-state index is 10.6. The van der Waals surface area contributed by atoms with Crippen LogP contribution in [0.1, 0.15) is 18.9 Å². The van der Waals surface area contributed by atoms with Gasteiger partial charge in [0.05, 0.1) is 13.5 Å². The molecule has 0 aliphatic heterocycles. The molecule has 4 heteroatoms. The zero-order chi connectivity index (χ0) is 11.5. The fraction of sp³-hybridized carbons (Fsp3) is 0.364. The van der Waals surface area contributed by atoms with Crippen LogP contribution < -0.4 is 10.5 Å². The van der Waals surface area contributed by atoms with E-state index in [1.165, 1.54) is 0 Å². The number of nitrogens with two attached hydrogens (primary N) is 1. The van der Waals surface area contributed by atoms with E-state index < -0.39 is 11.5 Å². The van der Waals surface area contributed by atoms with Crippen molar-refractivity contribution in [2.24, 2.45) is 5.73 Å². The fourth-order valence-corrected chi connectivity index (χ4v) is 1.39. The van der Waals surface area contributed by atoms with Gasteiger partial charge in [0, 0.05) is 5.54 Å². The summed E-state index contributed by atoms with van der Waals surface area (Å²) >= 11 is 0. The van der Waals surface area contributed by atoms with E-state index in [9.17, 15) is 4.79 Å². The Balaban J connectivity index is 2.89. The molecule has 0 saturated heterocycles. The molecule has 0 aliphatic rings. The molecule has 1 unspecified atom stereocenters. The SMILES string of the molecule is COc1ccc(C(C)(N)CC(=O)O)cc1. The smallest absolute Gasteiger partial charge is 0.305 e. The highest BCUT2D eigenvalue weighted by Gasteiger charge is 2.24. The largest absolute Gasteiger partial charge is 0.497 e. The Morgan fingerprint density at radius 2 is 2.00 bits per heavy atom. The van der Waals surface area contributed by atoms with Crippen LogP contribution in [0.2, 0.25) is 0 Å². The van der Waals surface area contributed by atoms with Crippen molar-refractivity contribution in [3.63, 3.8) is 0 Å². The lowest BCUT2D eigenvalue weighted by molar-refractivity contribution is -0.138. The molecule has 1 rings (SSSR count). The summed E-state index contributed by atoms with van der Waals surface area (Å²) in [7, 11) is 1.58. The highest BCUT2D eigenvalue weighted by molar-refractivity contribution is 5.68. The summed E-state index contributed by atoms with van der Waals surface area (Å²) in [6, 6.07) is 7.09. The third-order valence-electron chi connectivity index (χ3n) is 2.27. The van der Waals surface area contributed by atoms with Crippen LogP contribution in [0.4, 0.5) is 0 Å². The molecule has 0 fully saturated rings. The second-order valence-electron chi connectivity index (χ2n) is 3.72. The van der Waals surface area contributed by atoms with Crippen LogP contribution in [0.25, 0.3) is 0 Å². The Morgan fingerprint density at radius 3 is 2.40 bits per heavy atom. The summed E-state index contributed by atoms with van der Waals surface area (Å²) in [5.41, 5.74) is 5.84. The van der Waals surface area contributed by atoms with Crippen molar-refractivity contribution in [3.05, 3.63) is 29.8 Å². The molecule has 3 N–H and O–H groups in total. The first-order chi connectivity index (χ1) is 6.95. The molecule has 82 valence electrons. The summed E-state index contributed by atoms with van der Waals surface area (Å²) < 4.78 is 5.01. The number of methoxy groups -OCH3 is 1. The maximum absolute atomic E-state index is 10.6. The van der Waals surface area contributed by atoms with Crippen LogP contribution in [0, 0.1) is 0 Å². The number of hydrogen-bond acceptors (Lipinski definition) is 3. The van der Waals surface area contributed by atoms with Crippen molar-refractivity contribution in [1.82, 2.24) is 0 Å². The number of carboxylic acids is 1. The molecule has 0 radical (unpaired) electrons. The lowest BCUT2D eigenvalue weighted by Crippen LogP contribution is -2.35. The number of benzene rings is 1. The van der Waals surface area contributed by atoms with Gasteiger partial charge in [-0.2, -0.15) is 0 Å². The Kier molecular flexibility index (Phi) is 3.31. The first-order valence-electron chi connectivity index (χ1n) is 4.61. The van der Waals surface area contributed by atoms with Gasteiger partial charge >= 0.3 is 5.97 Å². The molecule has 15 heavy (non-hydrogen) atoms. The van der Waals surface area contributed by atoms with E-state index in [0.717, 1.165) is 11.3 Å². The zero-order valence-electron chi connectivity index (χ0n) is 8.86. The Hall–Kier alpha value is -1.55. The van der Waals surface area contributed by atoms with Crippen molar-refractivity contribution < 1.29 is 14.6 Å². The molecule has 0 saturated carbocycles. The highest BCUT2D eigenvalue weighted by Crippen LogP contribution is 2.23. The van der Waals surface area contributed by atoms with E-state index >= 15 is 0 Å². The molecule has 1 atom stereocenters. The Morgan fingerprint density at radius 1 is 1.47 bits per heavy atom. The van der Waals surface area contributed by atoms with Gasteiger partial charge in [-0.3, -0.25) is 4.79 Å². The van der Waals surface area contributed by atoms with Crippen LogP contribution in [0.3, 0.4) is 0 Å². The van der Waals surface area contributed by atoms with Crippen LogP contribution in [0.5, 0.6) is 5.75 Å². The Bertz CT molecular complexity index is 343. The number of hydrogen-bond donors (Lipinski definition) is 2. The van der Waals surface area contributed by atoms with E-state index in [1.807, 2.05) is 0 Å². The summed E-state index contributed by atoms with van der Waals surface area (Å²) in [5, 5.41) is 8.71.